The van der Waals surface area contributed by atoms with Crippen molar-refractivity contribution in [2.75, 3.05) is 19.7 Å². The molecule has 0 radical (unpaired) electrons. The van der Waals surface area contributed by atoms with Crippen molar-refractivity contribution in [1.29, 1.82) is 0 Å². The number of aromatic nitrogens is 2. The SMILES string of the molecule is CCOc1ccccc1Cc1ccc(C2CCCN(C(=O)c3oc(C)nc3C)C2)nc1. The Labute approximate surface area is 183 Å². The number of hydrogen-bond acceptors (Lipinski definition) is 5. The molecular weight excluding hydrogens is 390 g/mol. The minimum Gasteiger partial charge on any atom is -0.494 e. The van der Waals surface area contributed by atoms with Crippen molar-refractivity contribution in [2.24, 2.45) is 0 Å². The average Bonchev–Trinajstić information content (AvgIpc) is 3.13. The zero-order valence-corrected chi connectivity index (χ0v) is 18.4. The molecule has 3 aromatic rings. The van der Waals surface area contributed by atoms with Crippen LogP contribution >= 0.6 is 0 Å². The monoisotopic (exact) mass is 419 g/mol. The number of amides is 1. The van der Waals surface area contributed by atoms with Crippen LogP contribution in [0.25, 0.3) is 0 Å². The third kappa shape index (κ3) is 4.79. The Morgan fingerprint density at radius 2 is 2.06 bits per heavy atom. The van der Waals surface area contributed by atoms with Crippen molar-refractivity contribution < 1.29 is 13.9 Å². The lowest BCUT2D eigenvalue weighted by molar-refractivity contribution is 0.0671. The average molecular weight is 420 g/mol. The van der Waals surface area contributed by atoms with Crippen LogP contribution in [0.1, 0.15) is 64.6 Å². The Hall–Kier alpha value is -3.15. The lowest BCUT2D eigenvalue weighted by Crippen LogP contribution is -2.39. The van der Waals surface area contributed by atoms with Crippen LogP contribution in [0, 0.1) is 13.8 Å². The molecule has 162 valence electrons. The van der Waals surface area contributed by atoms with Crippen LogP contribution in [0.4, 0.5) is 0 Å². The van der Waals surface area contributed by atoms with Crippen LogP contribution in [-0.4, -0.2) is 40.5 Å². The van der Waals surface area contributed by atoms with Gasteiger partial charge in [-0.1, -0.05) is 24.3 Å². The van der Waals surface area contributed by atoms with Crippen molar-refractivity contribution in [2.45, 2.75) is 46.0 Å². The summed E-state index contributed by atoms with van der Waals surface area (Å²) in [5, 5.41) is 0. The number of oxazole rings is 1. The maximum absolute atomic E-state index is 12.9. The molecule has 1 fully saturated rings. The van der Waals surface area contributed by atoms with Gasteiger partial charge in [-0.3, -0.25) is 9.78 Å². The minimum atomic E-state index is -0.0769. The molecule has 31 heavy (non-hydrogen) atoms. The Morgan fingerprint density at radius 3 is 2.77 bits per heavy atom. The molecule has 0 N–H and O–H groups in total. The Kier molecular flexibility index (Phi) is 6.35. The second-order valence-corrected chi connectivity index (χ2v) is 8.05. The number of hydrogen-bond donors (Lipinski definition) is 0. The molecule has 1 unspecified atom stereocenters. The van der Waals surface area contributed by atoms with E-state index in [2.05, 4.69) is 23.2 Å². The van der Waals surface area contributed by atoms with Crippen LogP contribution in [0.2, 0.25) is 0 Å². The van der Waals surface area contributed by atoms with Crippen molar-refractivity contribution in [3.05, 3.63) is 76.8 Å². The van der Waals surface area contributed by atoms with Crippen molar-refractivity contribution in [3.8, 4) is 5.75 Å². The van der Waals surface area contributed by atoms with Crippen LogP contribution < -0.4 is 4.74 Å². The van der Waals surface area contributed by atoms with Crippen LogP contribution in [0.15, 0.2) is 47.0 Å². The molecule has 1 saturated heterocycles. The summed E-state index contributed by atoms with van der Waals surface area (Å²) in [5.41, 5.74) is 3.99. The minimum absolute atomic E-state index is 0.0769. The summed E-state index contributed by atoms with van der Waals surface area (Å²) < 4.78 is 11.3. The van der Waals surface area contributed by atoms with Gasteiger partial charge in [-0.2, -0.15) is 0 Å². The summed E-state index contributed by atoms with van der Waals surface area (Å²) >= 11 is 0. The number of nitrogens with zero attached hydrogens (tertiary/aromatic N) is 3. The molecule has 1 aromatic carbocycles. The van der Waals surface area contributed by atoms with Crippen molar-refractivity contribution >= 4 is 5.91 Å². The maximum atomic E-state index is 12.9. The molecule has 6 nitrogen and oxygen atoms in total. The number of aryl methyl sites for hydroxylation is 2. The van der Waals surface area contributed by atoms with Crippen molar-refractivity contribution in [1.82, 2.24) is 14.9 Å². The third-order valence-electron chi connectivity index (χ3n) is 5.74. The fraction of sp³-hybridized carbons (Fsp3) is 0.400. The molecule has 6 heteroatoms. The number of pyridine rings is 1. The van der Waals surface area contributed by atoms with E-state index >= 15 is 0 Å². The molecular formula is C25H29N3O3. The zero-order chi connectivity index (χ0) is 21.8. The second kappa shape index (κ2) is 9.33. The summed E-state index contributed by atoms with van der Waals surface area (Å²) in [5.74, 6) is 1.96. The number of carbonyl (C=O) groups is 1. The van der Waals surface area contributed by atoms with E-state index in [1.54, 1.807) is 6.92 Å². The lowest BCUT2D eigenvalue weighted by atomic mass is 9.93. The molecule has 0 saturated carbocycles. The largest absolute Gasteiger partial charge is 0.494 e. The van der Waals surface area contributed by atoms with Crippen LogP contribution in [0.3, 0.4) is 0 Å². The third-order valence-corrected chi connectivity index (χ3v) is 5.74. The van der Waals surface area contributed by atoms with Gasteiger partial charge in [-0.15, -0.1) is 0 Å². The van der Waals surface area contributed by atoms with Crippen LogP contribution in [-0.2, 0) is 6.42 Å². The topological polar surface area (TPSA) is 68.5 Å². The lowest BCUT2D eigenvalue weighted by Gasteiger charge is -2.32. The highest BCUT2D eigenvalue weighted by Gasteiger charge is 2.29. The first-order valence-corrected chi connectivity index (χ1v) is 10.9. The van der Waals surface area contributed by atoms with E-state index in [1.807, 2.05) is 43.1 Å². The van der Waals surface area contributed by atoms with Gasteiger partial charge in [-0.25, -0.2) is 4.98 Å². The molecule has 0 aliphatic carbocycles. The molecule has 1 aliphatic heterocycles. The highest BCUT2D eigenvalue weighted by molar-refractivity contribution is 5.92. The molecule has 0 bridgehead atoms. The van der Waals surface area contributed by atoms with E-state index in [-0.39, 0.29) is 11.8 Å². The van der Waals surface area contributed by atoms with E-state index in [4.69, 9.17) is 14.1 Å². The molecule has 2 aromatic heterocycles. The van der Waals surface area contributed by atoms with Crippen molar-refractivity contribution in [3.63, 3.8) is 0 Å². The highest BCUT2D eigenvalue weighted by atomic mass is 16.5. The number of rotatable bonds is 6. The smallest absolute Gasteiger partial charge is 0.291 e. The number of benzene rings is 1. The van der Waals surface area contributed by atoms with Gasteiger partial charge in [0.15, 0.2) is 5.89 Å². The van der Waals surface area contributed by atoms with Gasteiger partial charge in [0.05, 0.1) is 12.3 Å². The molecule has 0 spiro atoms. The summed E-state index contributed by atoms with van der Waals surface area (Å²) in [7, 11) is 0. The number of para-hydroxylation sites is 1. The van der Waals surface area contributed by atoms with E-state index in [0.29, 0.717) is 30.5 Å². The van der Waals surface area contributed by atoms with E-state index in [0.717, 1.165) is 48.4 Å². The van der Waals surface area contributed by atoms with Gasteiger partial charge in [0.25, 0.3) is 5.91 Å². The van der Waals surface area contributed by atoms with Crippen LogP contribution in [0.5, 0.6) is 5.75 Å². The van der Waals surface area contributed by atoms with Gasteiger partial charge in [-0.05, 0) is 49.9 Å². The fourth-order valence-electron chi connectivity index (χ4n) is 4.22. The predicted molar refractivity (Wildman–Crippen MR) is 119 cm³/mol. The highest BCUT2D eigenvalue weighted by Crippen LogP contribution is 2.28. The van der Waals surface area contributed by atoms with Gasteiger partial charge >= 0.3 is 0 Å². The number of likely N-dealkylation sites (tertiary alicyclic amines) is 1. The number of ether oxygens (including phenoxy) is 1. The van der Waals surface area contributed by atoms with E-state index in [1.165, 1.54) is 0 Å². The number of piperidine rings is 1. The Morgan fingerprint density at radius 1 is 1.23 bits per heavy atom. The first kappa shape index (κ1) is 21.1. The first-order valence-electron chi connectivity index (χ1n) is 10.9. The molecule has 3 heterocycles. The Balaban J connectivity index is 1.44. The normalized spacial score (nSPS) is 16.4. The molecule has 1 amide bonds. The Bertz CT molecular complexity index is 1040. The molecule has 4 rings (SSSR count). The second-order valence-electron chi connectivity index (χ2n) is 8.05. The standard InChI is InChI=1S/C25H29N3O3/c1-4-30-23-10-6-5-8-20(23)14-19-11-12-22(26-15-19)21-9-7-13-28(16-21)25(29)24-17(2)27-18(3)31-24/h5-6,8,10-12,15,21H,4,7,9,13-14,16H2,1-3H3. The summed E-state index contributed by atoms with van der Waals surface area (Å²) in [6, 6.07) is 12.4. The van der Waals surface area contributed by atoms with Gasteiger partial charge in [0, 0.05) is 44.2 Å². The summed E-state index contributed by atoms with van der Waals surface area (Å²) in [4.78, 5) is 23.8. The molecule has 1 atom stereocenters. The van der Waals surface area contributed by atoms with Gasteiger partial charge in [0.2, 0.25) is 5.76 Å². The maximum Gasteiger partial charge on any atom is 0.291 e. The van der Waals surface area contributed by atoms with E-state index < -0.39 is 0 Å². The zero-order valence-electron chi connectivity index (χ0n) is 18.4. The van der Waals surface area contributed by atoms with Gasteiger partial charge in [0.1, 0.15) is 5.75 Å². The van der Waals surface area contributed by atoms with Gasteiger partial charge < -0.3 is 14.1 Å². The first-order chi connectivity index (χ1) is 15.0. The molecule has 1 aliphatic rings. The van der Waals surface area contributed by atoms with E-state index in [9.17, 15) is 4.79 Å². The predicted octanol–water partition coefficient (Wildman–Crippen LogP) is 4.70. The quantitative estimate of drug-likeness (QED) is 0.579. The number of carbonyl (C=O) groups excluding carboxylic acids is 1. The fourth-order valence-corrected chi connectivity index (χ4v) is 4.22. The summed E-state index contributed by atoms with van der Waals surface area (Å²) in [6.07, 6.45) is 4.71. The summed E-state index contributed by atoms with van der Waals surface area (Å²) in [6.45, 7) is 7.61.